The monoisotopic (exact) mass is 616 g/mol. The van der Waals surface area contributed by atoms with Crippen molar-refractivity contribution in [1.82, 2.24) is 0 Å². The first-order valence-electron chi connectivity index (χ1n) is 16.6. The van der Waals surface area contributed by atoms with E-state index in [1.54, 1.807) is 0 Å². The van der Waals surface area contributed by atoms with Crippen LogP contribution in [0.4, 0.5) is 28.4 Å². The Morgan fingerprint density at radius 3 is 1.49 bits per heavy atom. The van der Waals surface area contributed by atoms with E-state index in [1.807, 2.05) is 6.08 Å². The lowest BCUT2D eigenvalue weighted by atomic mass is 9.98. The van der Waals surface area contributed by atoms with Gasteiger partial charge in [0, 0.05) is 34.1 Å². The third-order valence-corrected chi connectivity index (χ3v) is 8.95. The summed E-state index contributed by atoms with van der Waals surface area (Å²) in [5, 5.41) is 0. The summed E-state index contributed by atoms with van der Waals surface area (Å²) in [5.74, 6) is 0. The lowest BCUT2D eigenvalue weighted by Gasteiger charge is -2.30. The molecule has 2 heteroatoms. The van der Waals surface area contributed by atoms with Crippen LogP contribution in [0.15, 0.2) is 145 Å². The van der Waals surface area contributed by atoms with Gasteiger partial charge >= 0.3 is 0 Å². The molecule has 0 N–H and O–H groups in total. The van der Waals surface area contributed by atoms with Gasteiger partial charge in [-0.15, -0.1) is 0 Å². The molecule has 0 aliphatic heterocycles. The Bertz CT molecular complexity index is 1930. The van der Waals surface area contributed by atoms with E-state index in [1.165, 1.54) is 72.8 Å². The Morgan fingerprint density at radius 2 is 1.04 bits per heavy atom. The predicted octanol–water partition coefficient (Wildman–Crippen LogP) is 13.3. The minimum Gasteiger partial charge on any atom is -0.314 e. The summed E-state index contributed by atoms with van der Waals surface area (Å²) in [6.45, 7) is 21.4. The van der Waals surface area contributed by atoms with E-state index in [0.717, 1.165) is 17.8 Å². The molecule has 0 amide bonds. The lowest BCUT2D eigenvalue weighted by Crippen LogP contribution is -2.17. The summed E-state index contributed by atoms with van der Waals surface area (Å²) in [4.78, 5) is 4.79. The van der Waals surface area contributed by atoms with E-state index in [9.17, 15) is 0 Å². The standard InChI is InChI=1S/C45H48N2/c1-10-34(6)35(7)30-40(11-2)46(41-18-12-15-31(3)25-41)44-23-21-38(28-36(44)8)39-22-24-45(37(9)29-39)47(42-19-13-16-32(4)26-42)43-20-14-17-33(5)27-43/h10,12-30H,1,11H2,2-9H3/b35-34+,40-30+. The van der Waals surface area contributed by atoms with Gasteiger partial charge in [-0.05, 0) is 172 Å². The highest BCUT2D eigenvalue weighted by atomic mass is 15.2. The van der Waals surface area contributed by atoms with Gasteiger partial charge in [0.2, 0.25) is 0 Å². The summed E-state index contributed by atoms with van der Waals surface area (Å²) in [6.07, 6.45) is 5.14. The molecule has 0 radical (unpaired) electrons. The van der Waals surface area contributed by atoms with E-state index >= 15 is 0 Å². The van der Waals surface area contributed by atoms with Crippen molar-refractivity contribution in [3.63, 3.8) is 0 Å². The van der Waals surface area contributed by atoms with Crippen molar-refractivity contribution < 1.29 is 0 Å². The predicted molar refractivity (Wildman–Crippen MR) is 206 cm³/mol. The molecule has 0 spiro atoms. The van der Waals surface area contributed by atoms with Gasteiger partial charge in [0.25, 0.3) is 0 Å². The molecule has 2 nitrogen and oxygen atoms in total. The van der Waals surface area contributed by atoms with Crippen LogP contribution in [-0.2, 0) is 0 Å². The number of rotatable bonds is 10. The van der Waals surface area contributed by atoms with Crippen molar-refractivity contribution in [3.8, 4) is 11.1 Å². The van der Waals surface area contributed by atoms with Crippen LogP contribution in [0.5, 0.6) is 0 Å². The van der Waals surface area contributed by atoms with E-state index < -0.39 is 0 Å². The maximum atomic E-state index is 4.00. The van der Waals surface area contributed by atoms with Gasteiger partial charge in [0.15, 0.2) is 0 Å². The van der Waals surface area contributed by atoms with E-state index in [2.05, 4.69) is 187 Å². The van der Waals surface area contributed by atoms with Crippen molar-refractivity contribution in [2.75, 3.05) is 9.80 Å². The van der Waals surface area contributed by atoms with Crippen LogP contribution in [0.1, 0.15) is 55.0 Å². The van der Waals surface area contributed by atoms with Crippen LogP contribution < -0.4 is 9.80 Å². The van der Waals surface area contributed by atoms with Gasteiger partial charge in [0.1, 0.15) is 0 Å². The molecule has 47 heavy (non-hydrogen) atoms. The average Bonchev–Trinajstić information content (AvgIpc) is 3.05. The number of benzene rings is 5. The molecule has 0 saturated carbocycles. The number of hydrogen-bond acceptors (Lipinski definition) is 2. The van der Waals surface area contributed by atoms with Crippen molar-refractivity contribution in [2.24, 2.45) is 0 Å². The average molecular weight is 617 g/mol. The molecule has 0 heterocycles. The van der Waals surface area contributed by atoms with E-state index in [0.29, 0.717) is 0 Å². The minimum atomic E-state index is 0.899. The Kier molecular flexibility index (Phi) is 10.3. The third kappa shape index (κ3) is 7.50. The largest absolute Gasteiger partial charge is 0.314 e. The Balaban J connectivity index is 1.58. The fraction of sp³-hybridized carbons (Fsp3) is 0.200. The highest BCUT2D eigenvalue weighted by Crippen LogP contribution is 2.40. The zero-order valence-electron chi connectivity index (χ0n) is 29.4. The summed E-state index contributed by atoms with van der Waals surface area (Å²) >= 11 is 0. The first-order chi connectivity index (χ1) is 22.6. The molecule has 238 valence electrons. The second-order valence-corrected chi connectivity index (χ2v) is 12.7. The molecule has 0 bridgehead atoms. The Labute approximate surface area is 283 Å². The van der Waals surface area contributed by atoms with E-state index in [4.69, 9.17) is 0 Å². The molecule has 0 atom stereocenters. The molecule has 0 aromatic heterocycles. The molecule has 0 fully saturated rings. The molecule has 0 unspecified atom stereocenters. The van der Waals surface area contributed by atoms with Gasteiger partial charge < -0.3 is 9.80 Å². The summed E-state index contributed by atoms with van der Waals surface area (Å²) in [5.41, 5.74) is 18.1. The van der Waals surface area contributed by atoms with Gasteiger partial charge in [0.05, 0.1) is 0 Å². The zero-order chi connectivity index (χ0) is 33.7. The summed E-state index contributed by atoms with van der Waals surface area (Å²) in [6, 6.07) is 40.0. The maximum absolute atomic E-state index is 4.00. The highest BCUT2D eigenvalue weighted by molar-refractivity contribution is 5.82. The molecule has 5 rings (SSSR count). The molecule has 5 aromatic rings. The van der Waals surface area contributed by atoms with Gasteiger partial charge in [-0.25, -0.2) is 0 Å². The van der Waals surface area contributed by atoms with E-state index in [-0.39, 0.29) is 0 Å². The molecular formula is C45H48N2. The van der Waals surface area contributed by atoms with Crippen LogP contribution in [0.25, 0.3) is 11.1 Å². The van der Waals surface area contributed by atoms with Crippen LogP contribution >= 0.6 is 0 Å². The molecule has 0 aliphatic carbocycles. The number of aryl methyl sites for hydroxylation is 5. The van der Waals surface area contributed by atoms with Gasteiger partial charge in [-0.1, -0.05) is 68.1 Å². The first kappa shape index (κ1) is 33.3. The van der Waals surface area contributed by atoms with Crippen molar-refractivity contribution in [2.45, 2.75) is 61.8 Å². The second-order valence-electron chi connectivity index (χ2n) is 12.7. The fourth-order valence-corrected chi connectivity index (χ4v) is 6.21. The third-order valence-electron chi connectivity index (χ3n) is 8.95. The van der Waals surface area contributed by atoms with Crippen LogP contribution in [0.3, 0.4) is 0 Å². The van der Waals surface area contributed by atoms with Crippen LogP contribution in [0, 0.1) is 34.6 Å². The number of allylic oxidation sites excluding steroid dienone is 5. The topological polar surface area (TPSA) is 6.48 Å². The molecule has 5 aromatic carbocycles. The van der Waals surface area contributed by atoms with Gasteiger partial charge in [-0.2, -0.15) is 0 Å². The van der Waals surface area contributed by atoms with Crippen molar-refractivity contribution in [3.05, 3.63) is 173 Å². The maximum Gasteiger partial charge on any atom is 0.0491 e. The SMILES string of the molecule is C=C/C(C)=C(C)/C=C(\CC)N(c1cccc(C)c1)c1ccc(-c2ccc(N(c3cccc(C)c3)c3cccc(C)c3)c(C)c2)cc1C. The first-order valence-corrected chi connectivity index (χ1v) is 16.6. The number of anilines is 5. The number of nitrogens with zero attached hydrogens (tertiary/aromatic N) is 2. The lowest BCUT2D eigenvalue weighted by molar-refractivity contribution is 1.00. The van der Waals surface area contributed by atoms with Crippen molar-refractivity contribution in [1.29, 1.82) is 0 Å². The molecule has 0 aliphatic rings. The Hall–Kier alpha value is -5.08. The molecular weight excluding hydrogens is 569 g/mol. The Morgan fingerprint density at radius 1 is 0.574 bits per heavy atom. The molecule has 0 saturated heterocycles. The summed E-state index contributed by atoms with van der Waals surface area (Å²) in [7, 11) is 0. The van der Waals surface area contributed by atoms with Crippen LogP contribution in [-0.4, -0.2) is 0 Å². The highest BCUT2D eigenvalue weighted by Gasteiger charge is 2.19. The number of hydrogen-bond donors (Lipinski definition) is 0. The quantitative estimate of drug-likeness (QED) is 0.144. The van der Waals surface area contributed by atoms with Gasteiger partial charge in [-0.3, -0.25) is 0 Å². The van der Waals surface area contributed by atoms with Crippen LogP contribution in [0.2, 0.25) is 0 Å². The minimum absolute atomic E-state index is 0.899. The van der Waals surface area contributed by atoms with Crippen molar-refractivity contribution >= 4 is 28.4 Å². The summed E-state index contributed by atoms with van der Waals surface area (Å²) < 4.78 is 0. The normalized spacial score (nSPS) is 12.0. The smallest absolute Gasteiger partial charge is 0.0491 e. The fourth-order valence-electron chi connectivity index (χ4n) is 6.21. The second kappa shape index (κ2) is 14.6. The zero-order valence-corrected chi connectivity index (χ0v) is 29.4.